The molecule has 0 amide bonds. The van der Waals surface area contributed by atoms with Crippen LogP contribution >= 0.6 is 22.9 Å². The fraction of sp³-hybridized carbons (Fsp3) is 0.667. The number of hydrogen-bond donors (Lipinski definition) is 1. The number of nitrogens with zero attached hydrogens (tertiary/aromatic N) is 5. The van der Waals surface area contributed by atoms with Crippen molar-refractivity contribution in [1.29, 1.82) is 0 Å². The Morgan fingerprint density at radius 2 is 2.33 bits per heavy atom. The quantitative estimate of drug-likeness (QED) is 0.387. The minimum absolute atomic E-state index is 0.0551. The molecule has 2 atom stereocenters. The zero-order valence-corrected chi connectivity index (χ0v) is 17.0. The standard InChI is InChI=1S/C15H23ClN6O4S/c1-4-10(3)12(13(23)26-5-2)21-8-18-15(19-22(24)25)20(9-21)7-11-6-17-14(16)27-11/h6,10,12H,4-5,7-9H2,1-3H3,(H,18,19)/t10-,12-/m0/s1. The van der Waals surface area contributed by atoms with Crippen molar-refractivity contribution >= 4 is 34.9 Å². The van der Waals surface area contributed by atoms with E-state index in [0.29, 0.717) is 17.6 Å². The van der Waals surface area contributed by atoms with Crippen LogP contribution in [-0.2, 0) is 16.1 Å². The fourth-order valence-electron chi connectivity index (χ4n) is 2.84. The maximum atomic E-state index is 12.5. The second-order valence-electron chi connectivity index (χ2n) is 6.09. The van der Waals surface area contributed by atoms with E-state index in [9.17, 15) is 14.9 Å². The molecule has 12 heteroatoms. The normalized spacial score (nSPS) is 18.8. The molecule has 1 aromatic rings. The number of esters is 1. The summed E-state index contributed by atoms with van der Waals surface area (Å²) in [6.07, 6.45) is 2.41. The number of carbonyl (C=O) groups is 1. The van der Waals surface area contributed by atoms with Crippen LogP contribution in [0.25, 0.3) is 0 Å². The topological polar surface area (TPSA) is 113 Å². The zero-order chi connectivity index (χ0) is 20.0. The van der Waals surface area contributed by atoms with Gasteiger partial charge in [0.05, 0.1) is 26.5 Å². The predicted octanol–water partition coefficient (Wildman–Crippen LogP) is 1.94. The summed E-state index contributed by atoms with van der Waals surface area (Å²) in [6.45, 7) is 6.91. The third-order valence-electron chi connectivity index (χ3n) is 4.25. The van der Waals surface area contributed by atoms with E-state index in [0.717, 1.165) is 11.3 Å². The molecule has 0 saturated carbocycles. The van der Waals surface area contributed by atoms with Crippen LogP contribution in [0.1, 0.15) is 32.1 Å². The van der Waals surface area contributed by atoms with E-state index in [2.05, 4.69) is 15.4 Å². The maximum absolute atomic E-state index is 12.5. The van der Waals surface area contributed by atoms with Crippen molar-refractivity contribution in [2.45, 2.75) is 39.8 Å². The predicted molar refractivity (Wildman–Crippen MR) is 102 cm³/mol. The highest BCUT2D eigenvalue weighted by atomic mass is 35.5. The number of halogens is 1. The molecule has 27 heavy (non-hydrogen) atoms. The van der Waals surface area contributed by atoms with E-state index < -0.39 is 11.1 Å². The van der Waals surface area contributed by atoms with Crippen molar-refractivity contribution < 1.29 is 14.6 Å². The molecule has 2 heterocycles. The Morgan fingerprint density at radius 3 is 2.89 bits per heavy atom. The summed E-state index contributed by atoms with van der Waals surface area (Å²) in [4.78, 5) is 31.8. The molecule has 2 rings (SSSR count). The Labute approximate surface area is 166 Å². The molecule has 1 saturated heterocycles. The summed E-state index contributed by atoms with van der Waals surface area (Å²) in [5, 5.41) is 16.5. The van der Waals surface area contributed by atoms with Gasteiger partial charge in [0.2, 0.25) is 0 Å². The smallest absolute Gasteiger partial charge is 0.323 e. The number of rotatable bonds is 8. The lowest BCUT2D eigenvalue weighted by atomic mass is 9.98. The van der Waals surface area contributed by atoms with E-state index in [1.165, 1.54) is 11.3 Å². The number of nitro groups is 1. The van der Waals surface area contributed by atoms with Crippen LogP contribution in [0.5, 0.6) is 0 Å². The largest absolute Gasteiger partial charge is 0.465 e. The Balaban J connectivity index is 2.24. The summed E-state index contributed by atoms with van der Waals surface area (Å²) in [7, 11) is 0. The number of ether oxygens (including phenoxy) is 1. The number of thiazole rings is 1. The average molecular weight is 419 g/mol. The molecule has 1 aliphatic heterocycles. The number of carbonyl (C=O) groups excluding carboxylic acids is 1. The number of hydrogen-bond acceptors (Lipinski definition) is 7. The van der Waals surface area contributed by atoms with Crippen molar-refractivity contribution in [2.75, 3.05) is 19.9 Å². The van der Waals surface area contributed by atoms with Gasteiger partial charge in [-0.05, 0) is 12.8 Å². The highest BCUT2D eigenvalue weighted by Gasteiger charge is 2.36. The van der Waals surface area contributed by atoms with Crippen LogP contribution < -0.4 is 5.32 Å². The minimum atomic E-state index is -0.748. The molecule has 1 aliphatic rings. The van der Waals surface area contributed by atoms with Gasteiger partial charge in [-0.3, -0.25) is 9.69 Å². The summed E-state index contributed by atoms with van der Waals surface area (Å²) >= 11 is 7.16. The lowest BCUT2D eigenvalue weighted by molar-refractivity contribution is -0.486. The molecule has 10 nitrogen and oxygen atoms in total. The van der Waals surface area contributed by atoms with Crippen molar-refractivity contribution in [3.05, 3.63) is 25.7 Å². The molecule has 0 unspecified atom stereocenters. The molecule has 0 spiro atoms. The molecule has 0 radical (unpaired) electrons. The van der Waals surface area contributed by atoms with Crippen molar-refractivity contribution in [2.24, 2.45) is 11.0 Å². The number of aromatic nitrogens is 1. The van der Waals surface area contributed by atoms with Gasteiger partial charge in [0, 0.05) is 11.1 Å². The summed E-state index contributed by atoms with van der Waals surface area (Å²) in [5.41, 5.74) is 0. The monoisotopic (exact) mass is 418 g/mol. The van der Waals surface area contributed by atoms with E-state index in [1.54, 1.807) is 18.0 Å². The fourth-order valence-corrected chi connectivity index (χ4v) is 3.84. The summed E-state index contributed by atoms with van der Waals surface area (Å²) in [5.74, 6) is -0.115. The van der Waals surface area contributed by atoms with Crippen LogP contribution in [0.4, 0.5) is 0 Å². The van der Waals surface area contributed by atoms with E-state index in [1.807, 2.05) is 18.7 Å². The van der Waals surface area contributed by atoms with Crippen molar-refractivity contribution in [1.82, 2.24) is 20.1 Å². The number of nitrogens with one attached hydrogen (secondary N) is 1. The molecule has 1 N–H and O–H groups in total. The van der Waals surface area contributed by atoms with Gasteiger partial charge in [-0.1, -0.05) is 31.9 Å². The Hall–Kier alpha value is -1.98. The lowest BCUT2D eigenvalue weighted by Crippen LogP contribution is -2.62. The van der Waals surface area contributed by atoms with Gasteiger partial charge in [0.25, 0.3) is 5.96 Å². The van der Waals surface area contributed by atoms with Crippen LogP contribution in [0.2, 0.25) is 4.47 Å². The van der Waals surface area contributed by atoms with Gasteiger partial charge in [-0.25, -0.2) is 15.1 Å². The molecule has 0 bridgehead atoms. The van der Waals surface area contributed by atoms with E-state index >= 15 is 0 Å². The third kappa shape index (κ3) is 5.75. The maximum Gasteiger partial charge on any atom is 0.323 e. The third-order valence-corrected chi connectivity index (χ3v) is 5.34. The molecular formula is C15H23ClN6O4S. The first-order valence-corrected chi connectivity index (χ1v) is 9.77. The summed E-state index contributed by atoms with van der Waals surface area (Å²) < 4.78 is 5.63. The van der Waals surface area contributed by atoms with Gasteiger partial charge in [-0.2, -0.15) is 0 Å². The summed E-state index contributed by atoms with van der Waals surface area (Å²) in [6, 6.07) is -0.466. The average Bonchev–Trinajstić information content (AvgIpc) is 3.02. The molecule has 1 aromatic heterocycles. The Kier molecular flexibility index (Phi) is 7.75. The second kappa shape index (κ2) is 9.81. The van der Waals surface area contributed by atoms with Gasteiger partial charge in [0.1, 0.15) is 11.1 Å². The molecule has 0 aliphatic carbocycles. The lowest BCUT2D eigenvalue weighted by Gasteiger charge is -2.41. The van der Waals surface area contributed by atoms with Crippen LogP contribution in [0, 0.1) is 16.0 Å². The van der Waals surface area contributed by atoms with E-state index in [-0.39, 0.29) is 31.2 Å². The number of guanidine groups is 1. The van der Waals surface area contributed by atoms with Crippen LogP contribution in [0.3, 0.4) is 0 Å². The minimum Gasteiger partial charge on any atom is -0.465 e. The molecule has 0 aromatic carbocycles. The SMILES string of the molecule is CCOC(=O)[C@H]([C@@H](C)CC)N1CN/C(=N\[N+](=O)[O-])N(Cc2cnc(Cl)s2)C1. The highest BCUT2D eigenvalue weighted by molar-refractivity contribution is 7.15. The van der Waals surface area contributed by atoms with Gasteiger partial charge in [-0.15, -0.1) is 11.3 Å². The second-order valence-corrected chi connectivity index (χ2v) is 7.78. The van der Waals surface area contributed by atoms with Gasteiger partial charge < -0.3 is 15.0 Å². The number of hydrazone groups is 1. The first-order valence-electron chi connectivity index (χ1n) is 8.58. The first-order chi connectivity index (χ1) is 12.8. The molecular weight excluding hydrogens is 396 g/mol. The molecule has 150 valence electrons. The van der Waals surface area contributed by atoms with E-state index in [4.69, 9.17) is 16.3 Å². The van der Waals surface area contributed by atoms with Crippen molar-refractivity contribution in [3.8, 4) is 0 Å². The van der Waals surface area contributed by atoms with Gasteiger partial charge in [0.15, 0.2) is 9.50 Å². The Morgan fingerprint density at radius 1 is 1.59 bits per heavy atom. The Bertz CT molecular complexity index is 700. The van der Waals surface area contributed by atoms with Crippen LogP contribution in [0.15, 0.2) is 11.3 Å². The highest BCUT2D eigenvalue weighted by Crippen LogP contribution is 2.22. The van der Waals surface area contributed by atoms with Gasteiger partial charge >= 0.3 is 5.97 Å². The zero-order valence-electron chi connectivity index (χ0n) is 15.4. The van der Waals surface area contributed by atoms with Crippen molar-refractivity contribution in [3.63, 3.8) is 0 Å². The first kappa shape index (κ1) is 21.3. The van der Waals surface area contributed by atoms with Crippen LogP contribution in [-0.4, -0.2) is 57.7 Å². The molecule has 1 fully saturated rings.